The van der Waals surface area contributed by atoms with E-state index in [1.165, 1.54) is 10.4 Å². The van der Waals surface area contributed by atoms with E-state index in [1.807, 2.05) is 13.0 Å². The lowest BCUT2D eigenvalue weighted by Gasteiger charge is -2.49. The Kier molecular flexibility index (Phi) is 5.85. The van der Waals surface area contributed by atoms with Gasteiger partial charge in [-0.2, -0.15) is 0 Å². The van der Waals surface area contributed by atoms with Crippen LogP contribution in [0.25, 0.3) is 0 Å². The zero-order valence-corrected chi connectivity index (χ0v) is 17.3. The van der Waals surface area contributed by atoms with Crippen molar-refractivity contribution in [2.45, 2.75) is 63.3 Å². The Morgan fingerprint density at radius 2 is 1.96 bits per heavy atom. The second-order valence-electron chi connectivity index (χ2n) is 8.49. The molecule has 1 saturated carbocycles. The van der Waals surface area contributed by atoms with Crippen LogP contribution in [-0.2, 0) is 11.3 Å². The summed E-state index contributed by atoms with van der Waals surface area (Å²) >= 11 is 1.70. The summed E-state index contributed by atoms with van der Waals surface area (Å²) in [5, 5.41) is 16.6. The highest BCUT2D eigenvalue weighted by Crippen LogP contribution is 2.40. The normalized spacial score (nSPS) is 29.1. The smallest absolute Gasteiger partial charge is 0.223 e. The fraction of sp³-hybridized carbons (Fsp3) is 0.522. The fourth-order valence-electron chi connectivity index (χ4n) is 4.71. The number of carbonyl (C=O) groups excluding carboxylic acids is 1. The second-order valence-corrected chi connectivity index (χ2v) is 9.47. The number of hydrogen-bond donors (Lipinski definition) is 2. The SMILES string of the molecule is CC1(O)CCN(Cc2ccccc2)C(c2cccs2)C1NC(=O)C1CCCC1. The maximum absolute atomic E-state index is 12.9. The number of hydrogen-bond acceptors (Lipinski definition) is 4. The van der Waals surface area contributed by atoms with Gasteiger partial charge in [0.25, 0.3) is 0 Å². The Labute approximate surface area is 171 Å². The largest absolute Gasteiger partial charge is 0.388 e. The number of amides is 1. The molecular formula is C23H30N2O2S. The number of aliphatic hydroxyl groups is 1. The molecule has 1 aromatic carbocycles. The first-order valence-electron chi connectivity index (χ1n) is 10.4. The molecule has 3 unspecified atom stereocenters. The summed E-state index contributed by atoms with van der Waals surface area (Å²) in [5.74, 6) is 0.218. The number of rotatable bonds is 5. The molecule has 3 atom stereocenters. The molecule has 28 heavy (non-hydrogen) atoms. The first kappa shape index (κ1) is 19.6. The molecule has 0 spiro atoms. The van der Waals surface area contributed by atoms with E-state index in [2.05, 4.69) is 52.0 Å². The minimum absolute atomic E-state index is 0.0192. The molecule has 1 saturated heterocycles. The Morgan fingerprint density at radius 1 is 1.21 bits per heavy atom. The molecular weight excluding hydrogens is 368 g/mol. The molecule has 0 radical (unpaired) electrons. The van der Waals surface area contributed by atoms with Gasteiger partial charge in [-0.3, -0.25) is 9.69 Å². The topological polar surface area (TPSA) is 52.6 Å². The number of benzene rings is 1. The Hall–Kier alpha value is -1.69. The molecule has 4 nitrogen and oxygen atoms in total. The summed E-state index contributed by atoms with van der Waals surface area (Å²) in [5.41, 5.74) is 0.335. The van der Waals surface area contributed by atoms with E-state index in [0.29, 0.717) is 6.42 Å². The minimum Gasteiger partial charge on any atom is -0.388 e. The molecule has 2 N–H and O–H groups in total. The van der Waals surface area contributed by atoms with Crippen LogP contribution in [0.1, 0.15) is 55.5 Å². The van der Waals surface area contributed by atoms with Gasteiger partial charge in [0.15, 0.2) is 0 Å². The summed E-state index contributed by atoms with van der Waals surface area (Å²) in [4.78, 5) is 16.6. The lowest BCUT2D eigenvalue weighted by molar-refractivity contribution is -0.132. The van der Waals surface area contributed by atoms with Gasteiger partial charge < -0.3 is 10.4 Å². The van der Waals surface area contributed by atoms with Crippen LogP contribution < -0.4 is 5.32 Å². The van der Waals surface area contributed by atoms with Gasteiger partial charge in [0, 0.05) is 23.9 Å². The molecule has 4 rings (SSSR count). The number of likely N-dealkylation sites (tertiary alicyclic amines) is 1. The van der Waals surface area contributed by atoms with Crippen LogP contribution in [0.3, 0.4) is 0 Å². The highest BCUT2D eigenvalue weighted by atomic mass is 32.1. The van der Waals surface area contributed by atoms with Crippen molar-refractivity contribution in [3.05, 3.63) is 58.3 Å². The van der Waals surface area contributed by atoms with E-state index in [4.69, 9.17) is 0 Å². The van der Waals surface area contributed by atoms with E-state index in [1.54, 1.807) is 11.3 Å². The van der Waals surface area contributed by atoms with Crippen LogP contribution in [0.2, 0.25) is 0 Å². The van der Waals surface area contributed by atoms with Gasteiger partial charge in [-0.25, -0.2) is 0 Å². The molecule has 5 heteroatoms. The molecule has 0 bridgehead atoms. The summed E-state index contributed by atoms with van der Waals surface area (Å²) in [6.07, 6.45) is 4.86. The first-order valence-corrected chi connectivity index (χ1v) is 11.3. The van der Waals surface area contributed by atoms with Crippen molar-refractivity contribution in [2.24, 2.45) is 5.92 Å². The van der Waals surface area contributed by atoms with Crippen molar-refractivity contribution in [3.63, 3.8) is 0 Å². The summed E-state index contributed by atoms with van der Waals surface area (Å²) in [6.45, 7) is 3.50. The predicted octanol–water partition coefficient (Wildman–Crippen LogP) is 4.12. The fourth-order valence-corrected chi connectivity index (χ4v) is 5.60. The van der Waals surface area contributed by atoms with E-state index >= 15 is 0 Å². The second kappa shape index (κ2) is 8.36. The lowest BCUT2D eigenvalue weighted by Crippen LogP contribution is -2.62. The van der Waals surface area contributed by atoms with Crippen LogP contribution in [0.15, 0.2) is 47.8 Å². The average Bonchev–Trinajstić information content (AvgIpc) is 3.39. The average molecular weight is 399 g/mol. The van der Waals surface area contributed by atoms with Gasteiger partial charge in [0.05, 0.1) is 17.7 Å². The summed E-state index contributed by atoms with van der Waals surface area (Å²) in [6, 6.07) is 14.3. The Morgan fingerprint density at radius 3 is 2.64 bits per heavy atom. The van der Waals surface area contributed by atoms with Gasteiger partial charge >= 0.3 is 0 Å². The third kappa shape index (κ3) is 4.17. The van der Waals surface area contributed by atoms with Gasteiger partial charge in [0.1, 0.15) is 0 Å². The zero-order chi connectivity index (χ0) is 19.6. The number of nitrogens with zero attached hydrogens (tertiary/aromatic N) is 1. The lowest BCUT2D eigenvalue weighted by atomic mass is 9.81. The molecule has 2 aromatic rings. The minimum atomic E-state index is -0.921. The molecule has 1 aliphatic carbocycles. The molecule has 150 valence electrons. The number of thiophene rings is 1. The number of nitrogens with one attached hydrogen (secondary N) is 1. The van der Waals surface area contributed by atoms with Gasteiger partial charge in [-0.05, 0) is 43.2 Å². The van der Waals surface area contributed by atoms with Crippen molar-refractivity contribution in [1.82, 2.24) is 10.2 Å². The van der Waals surface area contributed by atoms with Crippen molar-refractivity contribution < 1.29 is 9.90 Å². The molecule has 1 aromatic heterocycles. The van der Waals surface area contributed by atoms with Gasteiger partial charge in [-0.15, -0.1) is 11.3 Å². The number of piperidine rings is 1. The third-order valence-electron chi connectivity index (χ3n) is 6.37. The van der Waals surface area contributed by atoms with E-state index < -0.39 is 5.60 Å². The maximum atomic E-state index is 12.9. The van der Waals surface area contributed by atoms with Crippen LogP contribution >= 0.6 is 11.3 Å². The molecule has 1 aliphatic heterocycles. The van der Waals surface area contributed by atoms with E-state index in [-0.39, 0.29) is 23.9 Å². The Bertz CT molecular complexity index is 769. The summed E-state index contributed by atoms with van der Waals surface area (Å²) in [7, 11) is 0. The molecule has 2 heterocycles. The van der Waals surface area contributed by atoms with Crippen LogP contribution in [0.5, 0.6) is 0 Å². The van der Waals surface area contributed by atoms with E-state index in [9.17, 15) is 9.90 Å². The van der Waals surface area contributed by atoms with Crippen LogP contribution in [-0.4, -0.2) is 34.1 Å². The number of carbonyl (C=O) groups is 1. The summed E-state index contributed by atoms with van der Waals surface area (Å²) < 4.78 is 0. The monoisotopic (exact) mass is 398 g/mol. The van der Waals surface area contributed by atoms with Crippen molar-refractivity contribution in [2.75, 3.05) is 6.54 Å². The third-order valence-corrected chi connectivity index (χ3v) is 7.31. The van der Waals surface area contributed by atoms with Crippen LogP contribution in [0, 0.1) is 5.92 Å². The molecule has 2 fully saturated rings. The van der Waals surface area contributed by atoms with Crippen molar-refractivity contribution >= 4 is 17.2 Å². The quantitative estimate of drug-likeness (QED) is 0.797. The Balaban J connectivity index is 1.62. The predicted molar refractivity (Wildman–Crippen MR) is 113 cm³/mol. The van der Waals surface area contributed by atoms with Crippen molar-refractivity contribution in [1.29, 1.82) is 0 Å². The van der Waals surface area contributed by atoms with Crippen molar-refractivity contribution in [3.8, 4) is 0 Å². The zero-order valence-electron chi connectivity index (χ0n) is 16.5. The standard InChI is InChI=1S/C23H30N2O2S/c1-23(27)13-14-25(16-17-8-3-2-4-9-17)20(19-12-7-15-28-19)21(23)24-22(26)18-10-5-6-11-18/h2-4,7-9,12,15,18,20-21,27H,5-6,10-11,13-14,16H2,1H3,(H,24,26). The molecule has 1 amide bonds. The highest BCUT2D eigenvalue weighted by molar-refractivity contribution is 7.10. The van der Waals surface area contributed by atoms with E-state index in [0.717, 1.165) is 38.8 Å². The highest BCUT2D eigenvalue weighted by Gasteiger charge is 2.47. The van der Waals surface area contributed by atoms with Crippen LogP contribution in [0.4, 0.5) is 0 Å². The first-order chi connectivity index (χ1) is 13.5. The van der Waals surface area contributed by atoms with Gasteiger partial charge in [0.2, 0.25) is 5.91 Å². The molecule has 2 aliphatic rings. The maximum Gasteiger partial charge on any atom is 0.223 e. The van der Waals surface area contributed by atoms with Gasteiger partial charge in [-0.1, -0.05) is 49.2 Å².